The van der Waals surface area contributed by atoms with Crippen molar-refractivity contribution in [2.75, 3.05) is 18.4 Å². The van der Waals surface area contributed by atoms with Crippen LogP contribution < -0.4 is 5.32 Å². The average molecular weight is 481 g/mol. The Morgan fingerprint density at radius 3 is 2.53 bits per heavy atom. The summed E-state index contributed by atoms with van der Waals surface area (Å²) in [4.78, 5) is 17.1. The summed E-state index contributed by atoms with van der Waals surface area (Å²) in [5.41, 5.74) is 1.37. The fourth-order valence-electron chi connectivity index (χ4n) is 3.61. The normalized spacial score (nSPS) is 11.9. The quantitative estimate of drug-likeness (QED) is 0.490. The molecule has 0 fully saturated rings. The maximum absolute atomic E-state index is 13.9. The van der Waals surface area contributed by atoms with E-state index >= 15 is 0 Å². The summed E-state index contributed by atoms with van der Waals surface area (Å²) in [6, 6.07) is 8.85. The zero-order valence-corrected chi connectivity index (χ0v) is 19.8. The van der Waals surface area contributed by atoms with Crippen molar-refractivity contribution in [1.29, 1.82) is 0 Å². The summed E-state index contributed by atoms with van der Waals surface area (Å²) >= 11 is 5.86. The lowest BCUT2D eigenvalue weighted by Crippen LogP contribution is -2.30. The number of anilines is 1. The van der Waals surface area contributed by atoms with E-state index in [1.54, 1.807) is 32.0 Å². The Morgan fingerprint density at radius 1 is 1.16 bits per heavy atom. The highest BCUT2D eigenvalue weighted by molar-refractivity contribution is 7.89. The molecule has 0 aliphatic heterocycles. The summed E-state index contributed by atoms with van der Waals surface area (Å²) < 4.78 is 42.9. The molecular weight excluding hydrogens is 455 g/mol. The summed E-state index contributed by atoms with van der Waals surface area (Å²) in [6.07, 6.45) is 0.397. The van der Waals surface area contributed by atoms with E-state index in [2.05, 4.69) is 10.3 Å². The monoisotopic (exact) mass is 480 g/mol. The molecule has 1 aromatic heterocycles. The number of carbonyl (C=O) groups excluding carboxylic acids is 1. The fourth-order valence-corrected chi connectivity index (χ4v) is 5.26. The number of benzene rings is 2. The summed E-state index contributed by atoms with van der Waals surface area (Å²) in [7, 11) is -3.60. The number of nitrogens with zero attached hydrogens (tertiary/aromatic N) is 3. The van der Waals surface area contributed by atoms with E-state index in [1.165, 1.54) is 22.5 Å². The first-order valence-electron chi connectivity index (χ1n) is 10.4. The lowest BCUT2D eigenvalue weighted by Gasteiger charge is -2.18. The van der Waals surface area contributed by atoms with Gasteiger partial charge >= 0.3 is 0 Å². The molecule has 172 valence electrons. The molecule has 1 N–H and O–H groups in total. The number of amides is 1. The number of imidazole rings is 1. The van der Waals surface area contributed by atoms with Crippen LogP contribution in [0.5, 0.6) is 0 Å². The minimum absolute atomic E-state index is 0.0257. The van der Waals surface area contributed by atoms with E-state index in [9.17, 15) is 17.6 Å². The molecule has 0 aliphatic rings. The van der Waals surface area contributed by atoms with Crippen LogP contribution in [0.4, 0.5) is 10.1 Å². The van der Waals surface area contributed by atoms with Gasteiger partial charge in [0.15, 0.2) is 0 Å². The number of carbonyl (C=O) groups is 1. The molecule has 0 saturated heterocycles. The SMILES string of the molecule is CCN(CC)S(=O)(=O)c1ccc2c(c1)nc(CCC(=O)Nc1cc(Cl)ccc1F)n2CC. The Labute approximate surface area is 192 Å². The number of aromatic nitrogens is 2. The largest absolute Gasteiger partial charge is 0.328 e. The zero-order valence-electron chi connectivity index (χ0n) is 18.2. The van der Waals surface area contributed by atoms with Crippen molar-refractivity contribution in [3.05, 3.63) is 53.1 Å². The second kappa shape index (κ2) is 9.97. The number of rotatable bonds is 9. The van der Waals surface area contributed by atoms with Crippen molar-refractivity contribution in [3.8, 4) is 0 Å². The van der Waals surface area contributed by atoms with Gasteiger partial charge in [0.25, 0.3) is 0 Å². The van der Waals surface area contributed by atoms with E-state index in [4.69, 9.17) is 11.6 Å². The molecule has 0 aliphatic carbocycles. The van der Waals surface area contributed by atoms with Gasteiger partial charge in [-0.3, -0.25) is 4.79 Å². The van der Waals surface area contributed by atoms with Crippen LogP contribution in [0.1, 0.15) is 33.0 Å². The maximum Gasteiger partial charge on any atom is 0.243 e. The topological polar surface area (TPSA) is 84.3 Å². The van der Waals surface area contributed by atoms with Crippen LogP contribution in [-0.2, 0) is 27.8 Å². The molecule has 10 heteroatoms. The third-order valence-corrected chi connectivity index (χ3v) is 7.52. The molecule has 1 heterocycles. The second-order valence-corrected chi connectivity index (χ2v) is 9.56. The van der Waals surface area contributed by atoms with Crippen LogP contribution in [0, 0.1) is 5.82 Å². The summed E-state index contributed by atoms with van der Waals surface area (Å²) in [6.45, 7) is 6.92. The third-order valence-electron chi connectivity index (χ3n) is 5.24. The Balaban J connectivity index is 1.82. The van der Waals surface area contributed by atoms with Crippen LogP contribution in [-0.4, -0.2) is 41.3 Å². The van der Waals surface area contributed by atoms with Crippen molar-refractivity contribution in [1.82, 2.24) is 13.9 Å². The number of sulfonamides is 1. The summed E-state index contributed by atoms with van der Waals surface area (Å²) in [5.74, 6) is -0.280. The van der Waals surface area contributed by atoms with Gasteiger partial charge < -0.3 is 9.88 Å². The van der Waals surface area contributed by atoms with Gasteiger partial charge in [-0.15, -0.1) is 0 Å². The highest BCUT2D eigenvalue weighted by atomic mass is 35.5. The predicted molar refractivity (Wildman–Crippen MR) is 124 cm³/mol. The highest BCUT2D eigenvalue weighted by Gasteiger charge is 2.23. The molecule has 0 spiro atoms. The van der Waals surface area contributed by atoms with Gasteiger partial charge in [0.2, 0.25) is 15.9 Å². The van der Waals surface area contributed by atoms with Gasteiger partial charge in [0.1, 0.15) is 11.6 Å². The Hall–Kier alpha value is -2.49. The number of nitrogens with one attached hydrogen (secondary N) is 1. The van der Waals surface area contributed by atoms with Gasteiger partial charge in [0, 0.05) is 37.5 Å². The number of aryl methyl sites for hydroxylation is 2. The molecule has 2 aromatic carbocycles. The third kappa shape index (κ3) is 4.95. The van der Waals surface area contributed by atoms with Crippen LogP contribution in [0.25, 0.3) is 11.0 Å². The van der Waals surface area contributed by atoms with Crippen molar-refractivity contribution in [2.24, 2.45) is 0 Å². The van der Waals surface area contributed by atoms with Gasteiger partial charge in [-0.05, 0) is 43.3 Å². The number of halogens is 2. The standard InChI is InChI=1S/C22H26ClFN4O3S/c1-4-27(5-2)32(30,31)16-8-10-20-19(14-16)25-21(28(20)6-3)11-12-22(29)26-18-13-15(23)7-9-17(18)24/h7-10,13-14H,4-6,11-12H2,1-3H3,(H,26,29). The molecule has 1 amide bonds. The lowest BCUT2D eigenvalue weighted by molar-refractivity contribution is -0.116. The average Bonchev–Trinajstić information content (AvgIpc) is 3.12. The van der Waals surface area contributed by atoms with Crippen LogP contribution in [0.15, 0.2) is 41.3 Å². The number of fused-ring (bicyclic) bond motifs is 1. The zero-order chi connectivity index (χ0) is 23.5. The van der Waals surface area contributed by atoms with Crippen molar-refractivity contribution >= 4 is 44.3 Å². The highest BCUT2D eigenvalue weighted by Crippen LogP contribution is 2.24. The molecule has 0 bridgehead atoms. The van der Waals surface area contributed by atoms with E-state index in [0.29, 0.717) is 42.4 Å². The summed E-state index contributed by atoms with van der Waals surface area (Å²) in [5, 5.41) is 2.85. The van der Waals surface area contributed by atoms with Gasteiger partial charge in [-0.1, -0.05) is 25.4 Å². The number of hydrogen-bond acceptors (Lipinski definition) is 4. The number of hydrogen-bond donors (Lipinski definition) is 1. The van der Waals surface area contributed by atoms with Crippen LogP contribution in [0.2, 0.25) is 5.02 Å². The van der Waals surface area contributed by atoms with E-state index in [0.717, 1.165) is 5.52 Å². The minimum Gasteiger partial charge on any atom is -0.328 e. The Bertz CT molecular complexity index is 1240. The van der Waals surface area contributed by atoms with E-state index < -0.39 is 15.8 Å². The molecular formula is C22H26ClFN4O3S. The Morgan fingerprint density at radius 2 is 1.88 bits per heavy atom. The second-order valence-electron chi connectivity index (χ2n) is 7.18. The van der Waals surface area contributed by atoms with Crippen LogP contribution in [0.3, 0.4) is 0 Å². The first-order chi connectivity index (χ1) is 15.2. The predicted octanol–water partition coefficient (Wildman–Crippen LogP) is 4.45. The van der Waals surface area contributed by atoms with Crippen molar-refractivity contribution in [3.63, 3.8) is 0 Å². The Kier molecular flexibility index (Phi) is 7.53. The van der Waals surface area contributed by atoms with Crippen molar-refractivity contribution in [2.45, 2.75) is 45.1 Å². The fraction of sp³-hybridized carbons (Fsp3) is 0.364. The van der Waals surface area contributed by atoms with Crippen LogP contribution >= 0.6 is 11.6 Å². The minimum atomic E-state index is -3.60. The molecule has 0 unspecified atom stereocenters. The van der Waals surface area contributed by atoms with Gasteiger partial charge in [-0.2, -0.15) is 4.31 Å². The molecule has 3 rings (SSSR count). The molecule has 32 heavy (non-hydrogen) atoms. The first-order valence-corrected chi connectivity index (χ1v) is 12.3. The molecule has 7 nitrogen and oxygen atoms in total. The molecule has 0 radical (unpaired) electrons. The molecule has 3 aromatic rings. The lowest BCUT2D eigenvalue weighted by atomic mass is 10.2. The van der Waals surface area contributed by atoms with Gasteiger partial charge in [-0.25, -0.2) is 17.8 Å². The maximum atomic E-state index is 13.9. The van der Waals surface area contributed by atoms with E-state index in [1.807, 2.05) is 11.5 Å². The van der Waals surface area contributed by atoms with Crippen molar-refractivity contribution < 1.29 is 17.6 Å². The molecule has 0 atom stereocenters. The smallest absolute Gasteiger partial charge is 0.243 e. The first kappa shape index (κ1) is 24.2. The van der Waals surface area contributed by atoms with E-state index in [-0.39, 0.29) is 22.9 Å². The molecule has 0 saturated carbocycles. The van der Waals surface area contributed by atoms with Gasteiger partial charge in [0.05, 0.1) is 21.6 Å².